The molecule has 7 nitrogen and oxygen atoms in total. The van der Waals surface area contributed by atoms with Crippen molar-refractivity contribution in [2.75, 3.05) is 19.6 Å². The van der Waals surface area contributed by atoms with Gasteiger partial charge in [-0.3, -0.25) is 10.1 Å². The molecular formula is C5H8N2O5. The molecule has 0 bridgehead atoms. The van der Waals surface area contributed by atoms with Crippen molar-refractivity contribution < 1.29 is 19.9 Å². The Morgan fingerprint density at radius 3 is 2.50 bits per heavy atom. The van der Waals surface area contributed by atoms with Crippen LogP contribution in [0.2, 0.25) is 0 Å². The second-order valence-electron chi connectivity index (χ2n) is 2.85. The third kappa shape index (κ3) is 1.62. The molecule has 1 saturated heterocycles. The summed E-state index contributed by atoms with van der Waals surface area (Å²) >= 11 is 0. The van der Waals surface area contributed by atoms with Gasteiger partial charge in [-0.25, -0.2) is 4.79 Å². The second kappa shape index (κ2) is 2.59. The van der Waals surface area contributed by atoms with Crippen molar-refractivity contribution in [1.82, 2.24) is 4.90 Å². The van der Waals surface area contributed by atoms with Gasteiger partial charge < -0.3 is 15.1 Å². The van der Waals surface area contributed by atoms with E-state index in [0.717, 1.165) is 4.90 Å². The van der Waals surface area contributed by atoms with Gasteiger partial charge in [0.05, 0.1) is 13.1 Å². The van der Waals surface area contributed by atoms with Crippen molar-refractivity contribution in [3.8, 4) is 0 Å². The highest BCUT2D eigenvalue weighted by Gasteiger charge is 2.47. The summed E-state index contributed by atoms with van der Waals surface area (Å²) in [5.74, 6) is 0. The van der Waals surface area contributed by atoms with E-state index >= 15 is 0 Å². The number of rotatable bonds is 2. The Morgan fingerprint density at radius 1 is 1.67 bits per heavy atom. The summed E-state index contributed by atoms with van der Waals surface area (Å²) in [7, 11) is 0. The number of carboxylic acid groups (broad SMARTS) is 1. The average molecular weight is 176 g/mol. The van der Waals surface area contributed by atoms with Crippen LogP contribution in [0, 0.1) is 10.1 Å². The first-order valence-electron chi connectivity index (χ1n) is 3.25. The quantitative estimate of drug-likeness (QED) is 0.414. The lowest BCUT2D eigenvalue weighted by Crippen LogP contribution is -2.66. The second-order valence-corrected chi connectivity index (χ2v) is 2.85. The van der Waals surface area contributed by atoms with Crippen LogP contribution < -0.4 is 0 Å². The maximum Gasteiger partial charge on any atom is 0.407 e. The fourth-order valence-corrected chi connectivity index (χ4v) is 1.14. The Labute approximate surface area is 67.4 Å². The fourth-order valence-electron chi connectivity index (χ4n) is 1.14. The number of nitro groups is 1. The van der Waals surface area contributed by atoms with Crippen molar-refractivity contribution in [2.45, 2.75) is 5.60 Å². The number of amides is 1. The highest BCUT2D eigenvalue weighted by molar-refractivity contribution is 5.66. The van der Waals surface area contributed by atoms with Crippen LogP contribution in [-0.2, 0) is 0 Å². The van der Waals surface area contributed by atoms with Crippen LogP contribution in [0.4, 0.5) is 4.79 Å². The third-order valence-electron chi connectivity index (χ3n) is 1.66. The first-order valence-corrected chi connectivity index (χ1v) is 3.25. The normalized spacial score (nSPS) is 19.9. The summed E-state index contributed by atoms with van der Waals surface area (Å²) in [6, 6.07) is 0. The van der Waals surface area contributed by atoms with Gasteiger partial charge in [-0.15, -0.1) is 0 Å². The van der Waals surface area contributed by atoms with Crippen LogP contribution in [0.5, 0.6) is 0 Å². The number of hydrogen-bond donors (Lipinski definition) is 2. The van der Waals surface area contributed by atoms with Crippen molar-refractivity contribution in [3.05, 3.63) is 10.1 Å². The summed E-state index contributed by atoms with van der Waals surface area (Å²) in [5, 5.41) is 27.6. The van der Waals surface area contributed by atoms with Crippen LogP contribution >= 0.6 is 0 Å². The molecule has 7 heteroatoms. The summed E-state index contributed by atoms with van der Waals surface area (Å²) in [4.78, 5) is 20.4. The molecule has 0 aromatic carbocycles. The predicted molar refractivity (Wildman–Crippen MR) is 36.4 cm³/mol. The molecular weight excluding hydrogens is 168 g/mol. The maximum atomic E-state index is 10.2. The van der Waals surface area contributed by atoms with Crippen LogP contribution in [-0.4, -0.2) is 51.4 Å². The smallest absolute Gasteiger partial charge is 0.407 e. The molecule has 1 fully saturated rings. The van der Waals surface area contributed by atoms with E-state index in [0.29, 0.717) is 0 Å². The largest absolute Gasteiger partial charge is 0.465 e. The molecule has 2 N–H and O–H groups in total. The van der Waals surface area contributed by atoms with Crippen molar-refractivity contribution in [2.24, 2.45) is 0 Å². The highest BCUT2D eigenvalue weighted by atomic mass is 16.6. The minimum Gasteiger partial charge on any atom is -0.465 e. The summed E-state index contributed by atoms with van der Waals surface area (Å²) in [5.41, 5.74) is -1.46. The predicted octanol–water partition coefficient (Wildman–Crippen LogP) is -1.01. The monoisotopic (exact) mass is 176 g/mol. The summed E-state index contributed by atoms with van der Waals surface area (Å²) < 4.78 is 0. The van der Waals surface area contributed by atoms with Gasteiger partial charge in [0, 0.05) is 4.92 Å². The van der Waals surface area contributed by atoms with Crippen LogP contribution in [0.1, 0.15) is 0 Å². The molecule has 1 heterocycles. The lowest BCUT2D eigenvalue weighted by molar-refractivity contribution is -0.505. The van der Waals surface area contributed by atoms with E-state index in [-0.39, 0.29) is 13.1 Å². The first-order chi connectivity index (χ1) is 5.43. The van der Waals surface area contributed by atoms with Gasteiger partial charge >= 0.3 is 6.09 Å². The van der Waals surface area contributed by atoms with E-state index in [4.69, 9.17) is 5.11 Å². The zero-order valence-electron chi connectivity index (χ0n) is 6.13. The number of nitrogens with zero attached hydrogens (tertiary/aromatic N) is 2. The average Bonchev–Trinajstić information content (AvgIpc) is 1.80. The lowest BCUT2D eigenvalue weighted by atomic mass is 9.95. The molecule has 1 amide bonds. The minimum atomic E-state index is -1.46. The molecule has 0 unspecified atom stereocenters. The Hall–Kier alpha value is -1.37. The molecule has 68 valence electrons. The van der Waals surface area contributed by atoms with Gasteiger partial charge in [0.1, 0.15) is 0 Å². The SMILES string of the molecule is O=C(O)N1CC(O)(C[N+](=O)[O-])C1. The Kier molecular flexibility index (Phi) is 1.89. The molecule has 0 saturated carbocycles. The zero-order chi connectivity index (χ0) is 9.35. The van der Waals surface area contributed by atoms with E-state index in [1.54, 1.807) is 0 Å². The standard InChI is InChI=1S/C5H8N2O5/c8-4(9)6-1-5(10,2-6)3-7(11)12/h10H,1-3H2,(H,8,9). The Morgan fingerprint density at radius 2 is 2.17 bits per heavy atom. The van der Waals surface area contributed by atoms with Crippen LogP contribution in [0.3, 0.4) is 0 Å². The molecule has 0 aromatic heterocycles. The van der Waals surface area contributed by atoms with Gasteiger partial charge in [0.25, 0.3) is 0 Å². The van der Waals surface area contributed by atoms with E-state index in [1.165, 1.54) is 0 Å². The molecule has 0 aliphatic carbocycles. The Balaban J connectivity index is 2.40. The fraction of sp³-hybridized carbons (Fsp3) is 0.800. The van der Waals surface area contributed by atoms with Gasteiger partial charge in [-0.05, 0) is 0 Å². The number of β-amino-alcohol motifs (C(OH)–C–C–N with tert-alkyl or cyclic N) is 1. The molecule has 0 radical (unpaired) electrons. The zero-order valence-corrected chi connectivity index (χ0v) is 6.13. The third-order valence-corrected chi connectivity index (χ3v) is 1.66. The lowest BCUT2D eigenvalue weighted by Gasteiger charge is -2.41. The molecule has 1 aliphatic heterocycles. The molecule has 0 atom stereocenters. The number of hydrogen-bond acceptors (Lipinski definition) is 4. The molecule has 12 heavy (non-hydrogen) atoms. The van der Waals surface area contributed by atoms with Crippen LogP contribution in [0.25, 0.3) is 0 Å². The molecule has 1 aliphatic rings. The van der Waals surface area contributed by atoms with E-state index in [1.807, 2.05) is 0 Å². The van der Waals surface area contributed by atoms with E-state index in [2.05, 4.69) is 0 Å². The number of carbonyl (C=O) groups is 1. The van der Waals surface area contributed by atoms with E-state index in [9.17, 15) is 20.0 Å². The van der Waals surface area contributed by atoms with Crippen molar-refractivity contribution >= 4 is 6.09 Å². The number of likely N-dealkylation sites (tertiary alicyclic amines) is 1. The van der Waals surface area contributed by atoms with Gasteiger partial charge in [-0.1, -0.05) is 0 Å². The Bertz CT molecular complexity index is 222. The van der Waals surface area contributed by atoms with Crippen LogP contribution in [0.15, 0.2) is 0 Å². The summed E-state index contributed by atoms with van der Waals surface area (Å²) in [6.07, 6.45) is -1.16. The topological polar surface area (TPSA) is 104 Å². The summed E-state index contributed by atoms with van der Waals surface area (Å²) in [6.45, 7) is -0.955. The van der Waals surface area contributed by atoms with Crippen molar-refractivity contribution in [1.29, 1.82) is 0 Å². The first kappa shape index (κ1) is 8.72. The number of aliphatic hydroxyl groups is 1. The highest BCUT2D eigenvalue weighted by Crippen LogP contribution is 2.20. The van der Waals surface area contributed by atoms with E-state index < -0.39 is 23.2 Å². The molecule has 1 rings (SSSR count). The van der Waals surface area contributed by atoms with Crippen molar-refractivity contribution in [3.63, 3.8) is 0 Å². The molecule has 0 aromatic rings. The van der Waals surface area contributed by atoms with Gasteiger partial charge in [0.15, 0.2) is 5.60 Å². The maximum absolute atomic E-state index is 10.2. The minimum absolute atomic E-state index is 0.177. The molecule has 0 spiro atoms. The van der Waals surface area contributed by atoms with Gasteiger partial charge in [-0.2, -0.15) is 0 Å². The van der Waals surface area contributed by atoms with Gasteiger partial charge in [0.2, 0.25) is 6.54 Å².